The lowest BCUT2D eigenvalue weighted by molar-refractivity contribution is -0.0229. The first kappa shape index (κ1) is 24.7. The number of aliphatic hydroxyl groups is 1. The molecule has 186 valence electrons. The van der Waals surface area contributed by atoms with Crippen molar-refractivity contribution in [1.29, 1.82) is 0 Å². The molecule has 2 aromatic carbocycles. The minimum absolute atomic E-state index is 0.0541. The van der Waals surface area contributed by atoms with Gasteiger partial charge in [0.15, 0.2) is 6.61 Å². The lowest BCUT2D eigenvalue weighted by Crippen LogP contribution is -2.48. The van der Waals surface area contributed by atoms with Crippen LogP contribution in [0.15, 0.2) is 42.5 Å². The molecule has 0 radical (unpaired) electrons. The predicted octanol–water partition coefficient (Wildman–Crippen LogP) is 4.34. The van der Waals surface area contributed by atoms with Crippen molar-refractivity contribution in [2.45, 2.75) is 32.6 Å². The molecule has 1 amide bonds. The van der Waals surface area contributed by atoms with Crippen molar-refractivity contribution in [3.8, 4) is 22.9 Å². The number of likely N-dealkylation sites (tertiary alicyclic amines) is 1. The van der Waals surface area contributed by atoms with E-state index in [4.69, 9.17) is 14.6 Å². The van der Waals surface area contributed by atoms with Crippen LogP contribution >= 0.6 is 0 Å². The Morgan fingerprint density at radius 1 is 1.17 bits per heavy atom. The van der Waals surface area contributed by atoms with Gasteiger partial charge in [-0.25, -0.2) is 8.78 Å². The van der Waals surface area contributed by atoms with Crippen LogP contribution in [0.4, 0.5) is 8.78 Å². The molecule has 0 aliphatic carbocycles. The Bertz CT molecular complexity index is 1180. The number of carbonyl (C=O) groups excluding carboxylic acids is 1. The number of aromatic amines is 1. The van der Waals surface area contributed by atoms with Gasteiger partial charge in [-0.05, 0) is 49.2 Å². The highest BCUT2D eigenvalue weighted by molar-refractivity contribution is 5.96. The molecule has 1 aliphatic rings. The van der Waals surface area contributed by atoms with E-state index in [0.717, 1.165) is 34.9 Å². The second kappa shape index (κ2) is 10.0. The van der Waals surface area contributed by atoms with E-state index in [2.05, 4.69) is 10.2 Å². The molecule has 0 unspecified atom stereocenters. The number of hydrogen-bond donors (Lipinski definition) is 2. The molecule has 0 saturated carbocycles. The smallest absolute Gasteiger partial charge is 0.278 e. The van der Waals surface area contributed by atoms with E-state index < -0.39 is 12.5 Å². The SMILES string of the molecule is Cc1ccc(C(=O)N2CC(c3ccc(OCC(C)(F)F)cc3)C2)cc1-c1[nH]nc(OCCO)c1C. The van der Waals surface area contributed by atoms with Crippen LogP contribution in [0, 0.1) is 13.8 Å². The second-order valence-electron chi connectivity index (χ2n) is 8.97. The van der Waals surface area contributed by atoms with Gasteiger partial charge in [0.25, 0.3) is 11.8 Å². The number of hydrogen-bond acceptors (Lipinski definition) is 5. The highest BCUT2D eigenvalue weighted by Crippen LogP contribution is 2.33. The fraction of sp³-hybridized carbons (Fsp3) is 0.385. The quantitative estimate of drug-likeness (QED) is 0.471. The lowest BCUT2D eigenvalue weighted by Gasteiger charge is -2.39. The van der Waals surface area contributed by atoms with Crippen LogP contribution < -0.4 is 9.47 Å². The number of nitrogens with one attached hydrogen (secondary N) is 1. The topological polar surface area (TPSA) is 87.7 Å². The van der Waals surface area contributed by atoms with Crippen molar-refractivity contribution in [2.75, 3.05) is 32.9 Å². The number of ether oxygens (including phenoxy) is 2. The minimum Gasteiger partial charge on any atom is -0.487 e. The number of aliphatic hydroxyl groups excluding tert-OH is 1. The lowest BCUT2D eigenvalue weighted by atomic mass is 9.90. The molecule has 9 heteroatoms. The van der Waals surface area contributed by atoms with E-state index in [9.17, 15) is 13.6 Å². The third kappa shape index (κ3) is 5.62. The van der Waals surface area contributed by atoms with Crippen molar-refractivity contribution in [3.63, 3.8) is 0 Å². The largest absolute Gasteiger partial charge is 0.487 e. The Morgan fingerprint density at radius 2 is 1.89 bits per heavy atom. The Hall–Kier alpha value is -3.46. The van der Waals surface area contributed by atoms with E-state index in [0.29, 0.717) is 30.3 Å². The van der Waals surface area contributed by atoms with Crippen LogP contribution in [0.5, 0.6) is 11.6 Å². The second-order valence-corrected chi connectivity index (χ2v) is 8.97. The zero-order valence-corrected chi connectivity index (χ0v) is 20.0. The van der Waals surface area contributed by atoms with Crippen LogP contribution in [0.1, 0.15) is 39.9 Å². The Kier molecular flexibility index (Phi) is 7.07. The van der Waals surface area contributed by atoms with Crippen molar-refractivity contribution in [1.82, 2.24) is 15.1 Å². The normalized spacial score (nSPS) is 14.1. The molecule has 4 rings (SSSR count). The number of aromatic nitrogens is 2. The van der Waals surface area contributed by atoms with Gasteiger partial charge in [-0.3, -0.25) is 9.89 Å². The number of carbonyl (C=O) groups is 1. The van der Waals surface area contributed by atoms with Crippen molar-refractivity contribution in [2.24, 2.45) is 0 Å². The van der Waals surface area contributed by atoms with Gasteiger partial charge in [0.2, 0.25) is 5.88 Å². The van der Waals surface area contributed by atoms with Crippen molar-refractivity contribution < 1.29 is 28.2 Å². The molecule has 1 aliphatic heterocycles. The van der Waals surface area contributed by atoms with Gasteiger partial charge in [0.1, 0.15) is 12.4 Å². The Morgan fingerprint density at radius 3 is 2.54 bits per heavy atom. The number of alkyl halides is 2. The summed E-state index contributed by atoms with van der Waals surface area (Å²) in [6.07, 6.45) is 0. The Labute approximate surface area is 202 Å². The molecule has 3 aromatic rings. The number of rotatable bonds is 9. The molecule has 1 fully saturated rings. The fourth-order valence-electron chi connectivity index (χ4n) is 4.03. The number of amides is 1. The molecule has 1 saturated heterocycles. The number of H-pyrrole nitrogens is 1. The van der Waals surface area contributed by atoms with E-state index in [-0.39, 0.29) is 25.0 Å². The molecule has 0 spiro atoms. The highest BCUT2D eigenvalue weighted by atomic mass is 19.3. The number of halogens is 2. The Balaban J connectivity index is 1.40. The molecule has 2 heterocycles. The first-order valence-corrected chi connectivity index (χ1v) is 11.5. The average molecular weight is 486 g/mol. The van der Waals surface area contributed by atoms with E-state index in [1.54, 1.807) is 17.0 Å². The molecule has 0 bridgehead atoms. The van der Waals surface area contributed by atoms with E-state index >= 15 is 0 Å². The summed E-state index contributed by atoms with van der Waals surface area (Å²) in [6, 6.07) is 12.7. The molecule has 35 heavy (non-hydrogen) atoms. The summed E-state index contributed by atoms with van der Waals surface area (Å²) < 4.78 is 36.5. The van der Waals surface area contributed by atoms with Gasteiger partial charge in [0.05, 0.1) is 12.3 Å². The van der Waals surface area contributed by atoms with Gasteiger partial charge in [-0.2, -0.15) is 0 Å². The molecular weight excluding hydrogens is 456 g/mol. The maximum absolute atomic E-state index is 13.1. The molecule has 2 N–H and O–H groups in total. The summed E-state index contributed by atoms with van der Waals surface area (Å²) in [5.41, 5.74) is 5.06. The van der Waals surface area contributed by atoms with Gasteiger partial charge < -0.3 is 19.5 Å². The third-order valence-corrected chi connectivity index (χ3v) is 6.06. The van der Waals surface area contributed by atoms with Crippen LogP contribution in [-0.4, -0.2) is 64.9 Å². The van der Waals surface area contributed by atoms with Crippen molar-refractivity contribution >= 4 is 5.91 Å². The summed E-state index contributed by atoms with van der Waals surface area (Å²) in [4.78, 5) is 14.9. The van der Waals surface area contributed by atoms with E-state index in [1.165, 1.54) is 0 Å². The van der Waals surface area contributed by atoms with Crippen LogP contribution in [-0.2, 0) is 0 Å². The molecule has 7 nitrogen and oxygen atoms in total. The average Bonchev–Trinajstić information content (AvgIpc) is 3.15. The van der Waals surface area contributed by atoms with E-state index in [1.807, 2.05) is 44.2 Å². The zero-order chi connectivity index (χ0) is 25.2. The number of nitrogens with zero attached hydrogens (tertiary/aromatic N) is 2. The van der Waals surface area contributed by atoms with Gasteiger partial charge in [-0.15, -0.1) is 5.10 Å². The van der Waals surface area contributed by atoms with Crippen molar-refractivity contribution in [3.05, 3.63) is 64.7 Å². The first-order valence-electron chi connectivity index (χ1n) is 11.5. The summed E-state index contributed by atoms with van der Waals surface area (Å²) in [6.45, 7) is 5.22. The van der Waals surface area contributed by atoms with Crippen LogP contribution in [0.3, 0.4) is 0 Å². The zero-order valence-electron chi connectivity index (χ0n) is 20.0. The first-order chi connectivity index (χ1) is 16.7. The number of benzene rings is 2. The monoisotopic (exact) mass is 485 g/mol. The third-order valence-electron chi connectivity index (χ3n) is 6.06. The molecule has 1 aromatic heterocycles. The van der Waals surface area contributed by atoms with Gasteiger partial charge in [0, 0.05) is 42.6 Å². The highest BCUT2D eigenvalue weighted by Gasteiger charge is 2.32. The maximum Gasteiger partial charge on any atom is 0.278 e. The maximum atomic E-state index is 13.1. The minimum atomic E-state index is -2.88. The fourth-order valence-corrected chi connectivity index (χ4v) is 4.03. The molecular formula is C26H29F2N3O4. The number of aryl methyl sites for hydroxylation is 1. The predicted molar refractivity (Wildman–Crippen MR) is 127 cm³/mol. The molecule has 0 atom stereocenters. The summed E-state index contributed by atoms with van der Waals surface area (Å²) >= 11 is 0. The summed E-state index contributed by atoms with van der Waals surface area (Å²) in [5.74, 6) is -1.92. The van der Waals surface area contributed by atoms with Gasteiger partial charge in [-0.1, -0.05) is 18.2 Å². The van der Waals surface area contributed by atoms with Crippen LogP contribution in [0.2, 0.25) is 0 Å². The summed E-state index contributed by atoms with van der Waals surface area (Å²) in [5, 5.41) is 16.1. The standard InChI is InChI=1S/C26H29F2N3O4/c1-16-4-5-19(12-22(16)23-17(2)24(30-29-23)34-11-10-32)25(33)31-13-20(14-31)18-6-8-21(9-7-18)35-15-26(3,27)28/h4-9,12,20,32H,10-11,13-15H2,1-3H3,(H,29,30). The summed E-state index contributed by atoms with van der Waals surface area (Å²) in [7, 11) is 0. The van der Waals surface area contributed by atoms with Crippen LogP contribution in [0.25, 0.3) is 11.3 Å². The van der Waals surface area contributed by atoms with Gasteiger partial charge >= 0.3 is 0 Å².